The fraction of sp³-hybridized carbons (Fsp3) is 0.462. The smallest absolute Gasteiger partial charge is 0.247 e. The van der Waals surface area contributed by atoms with Gasteiger partial charge in [-0.25, -0.2) is 0 Å². The fourth-order valence-corrected chi connectivity index (χ4v) is 3.37. The van der Waals surface area contributed by atoms with E-state index in [9.17, 15) is 9.59 Å². The average molecular weight is 440 g/mol. The number of hydrogen-bond acceptors (Lipinski definition) is 3. The summed E-state index contributed by atoms with van der Waals surface area (Å²) in [6.45, 7) is 7.05. The van der Waals surface area contributed by atoms with Gasteiger partial charge in [0, 0.05) is 51.3 Å². The highest BCUT2D eigenvalue weighted by Gasteiger charge is 2.20. The third-order valence-electron chi connectivity index (χ3n) is 5.32. The van der Waals surface area contributed by atoms with E-state index in [1.807, 2.05) is 72.1 Å². The molecule has 0 unspecified atom stereocenters. The third kappa shape index (κ3) is 8.71. The SMILES string of the molecule is CCCCN(Cc1cccn1C)C(=O)CN(CCCOCC)C(=O)/C=C/c1ccccc1. The first-order valence-electron chi connectivity index (χ1n) is 11.5. The molecule has 1 aromatic carbocycles. The largest absolute Gasteiger partial charge is 0.382 e. The Morgan fingerprint density at radius 3 is 2.41 bits per heavy atom. The number of rotatable bonds is 14. The highest BCUT2D eigenvalue weighted by molar-refractivity contribution is 5.94. The van der Waals surface area contributed by atoms with Gasteiger partial charge in [-0.05, 0) is 43.5 Å². The zero-order chi connectivity index (χ0) is 23.2. The van der Waals surface area contributed by atoms with Gasteiger partial charge in [-0.3, -0.25) is 9.59 Å². The first kappa shape index (κ1) is 25.4. The van der Waals surface area contributed by atoms with Gasteiger partial charge in [0.05, 0.1) is 6.54 Å². The summed E-state index contributed by atoms with van der Waals surface area (Å²) in [6, 6.07) is 13.7. The Labute approximate surface area is 192 Å². The van der Waals surface area contributed by atoms with Gasteiger partial charge in [0.2, 0.25) is 11.8 Å². The Morgan fingerprint density at radius 1 is 1.00 bits per heavy atom. The second-order valence-electron chi connectivity index (χ2n) is 7.83. The Bertz CT molecular complexity index is 845. The number of aromatic nitrogens is 1. The Balaban J connectivity index is 2.09. The van der Waals surface area contributed by atoms with Crippen molar-refractivity contribution in [2.45, 2.75) is 39.7 Å². The van der Waals surface area contributed by atoms with Crippen molar-refractivity contribution < 1.29 is 14.3 Å². The topological polar surface area (TPSA) is 54.8 Å². The molecule has 174 valence electrons. The quantitative estimate of drug-likeness (QED) is 0.329. The summed E-state index contributed by atoms with van der Waals surface area (Å²) in [4.78, 5) is 29.7. The summed E-state index contributed by atoms with van der Waals surface area (Å²) in [7, 11) is 1.98. The Morgan fingerprint density at radius 2 is 1.75 bits per heavy atom. The predicted molar refractivity (Wildman–Crippen MR) is 129 cm³/mol. The van der Waals surface area contributed by atoms with Crippen molar-refractivity contribution in [1.82, 2.24) is 14.4 Å². The number of carbonyl (C=O) groups excluding carboxylic acids is 2. The van der Waals surface area contributed by atoms with Gasteiger partial charge < -0.3 is 19.1 Å². The van der Waals surface area contributed by atoms with Gasteiger partial charge in [0.25, 0.3) is 0 Å². The van der Waals surface area contributed by atoms with Crippen LogP contribution in [0.1, 0.15) is 44.4 Å². The molecule has 32 heavy (non-hydrogen) atoms. The van der Waals surface area contributed by atoms with Crippen LogP contribution in [0.3, 0.4) is 0 Å². The zero-order valence-corrected chi connectivity index (χ0v) is 19.7. The second kappa shape index (κ2) is 14.2. The highest BCUT2D eigenvalue weighted by atomic mass is 16.5. The van der Waals surface area contributed by atoms with Crippen molar-refractivity contribution in [3.8, 4) is 0 Å². The molecule has 0 atom stereocenters. The van der Waals surface area contributed by atoms with Crippen LogP contribution in [-0.4, -0.2) is 59.0 Å². The molecule has 6 heteroatoms. The van der Waals surface area contributed by atoms with E-state index < -0.39 is 0 Å². The summed E-state index contributed by atoms with van der Waals surface area (Å²) in [6.07, 6.45) is 7.96. The van der Waals surface area contributed by atoms with E-state index in [0.717, 1.165) is 24.1 Å². The number of nitrogens with zero attached hydrogens (tertiary/aromatic N) is 3. The van der Waals surface area contributed by atoms with E-state index in [4.69, 9.17) is 4.74 Å². The van der Waals surface area contributed by atoms with Crippen LogP contribution in [0.5, 0.6) is 0 Å². The molecule has 0 N–H and O–H groups in total. The number of hydrogen-bond donors (Lipinski definition) is 0. The van der Waals surface area contributed by atoms with Crippen molar-refractivity contribution in [3.05, 3.63) is 66.0 Å². The maximum Gasteiger partial charge on any atom is 0.247 e. The van der Waals surface area contributed by atoms with Crippen LogP contribution in [-0.2, 0) is 27.9 Å². The molecule has 0 spiro atoms. The van der Waals surface area contributed by atoms with E-state index >= 15 is 0 Å². The molecule has 1 heterocycles. The number of aryl methyl sites for hydroxylation is 1. The van der Waals surface area contributed by atoms with Crippen LogP contribution >= 0.6 is 0 Å². The van der Waals surface area contributed by atoms with Crippen LogP contribution in [0.4, 0.5) is 0 Å². The molecule has 0 radical (unpaired) electrons. The third-order valence-corrected chi connectivity index (χ3v) is 5.32. The first-order valence-corrected chi connectivity index (χ1v) is 11.5. The van der Waals surface area contributed by atoms with Gasteiger partial charge in [0.15, 0.2) is 0 Å². The molecule has 2 amide bonds. The lowest BCUT2D eigenvalue weighted by atomic mass is 10.2. The molecular formula is C26H37N3O3. The molecule has 6 nitrogen and oxygen atoms in total. The second-order valence-corrected chi connectivity index (χ2v) is 7.83. The summed E-state index contributed by atoms with van der Waals surface area (Å²) >= 11 is 0. The molecule has 0 saturated heterocycles. The normalized spacial score (nSPS) is 11.1. The lowest BCUT2D eigenvalue weighted by Gasteiger charge is -2.27. The molecular weight excluding hydrogens is 402 g/mol. The molecule has 0 saturated carbocycles. The van der Waals surface area contributed by atoms with Crippen molar-refractivity contribution in [3.63, 3.8) is 0 Å². The highest BCUT2D eigenvalue weighted by Crippen LogP contribution is 2.09. The minimum absolute atomic E-state index is 0.0301. The van der Waals surface area contributed by atoms with Crippen molar-refractivity contribution in [2.75, 3.05) is 32.8 Å². The summed E-state index contributed by atoms with van der Waals surface area (Å²) in [5.41, 5.74) is 2.03. The minimum Gasteiger partial charge on any atom is -0.382 e. The van der Waals surface area contributed by atoms with Gasteiger partial charge in [0.1, 0.15) is 6.54 Å². The lowest BCUT2D eigenvalue weighted by molar-refractivity contribution is -0.138. The molecule has 2 rings (SSSR count). The van der Waals surface area contributed by atoms with Gasteiger partial charge in [-0.15, -0.1) is 0 Å². The van der Waals surface area contributed by atoms with E-state index in [-0.39, 0.29) is 18.4 Å². The number of benzene rings is 1. The molecule has 0 bridgehead atoms. The standard InChI is InChI=1S/C26H37N3O3/c1-4-6-18-28(21-24-14-10-17-27(24)3)26(31)22-29(19-11-20-32-5-2)25(30)16-15-23-12-8-7-9-13-23/h7-10,12-17H,4-6,11,18-22H2,1-3H3/b16-15+. The van der Waals surface area contributed by atoms with E-state index in [1.165, 1.54) is 0 Å². The maximum absolute atomic E-state index is 13.2. The van der Waals surface area contributed by atoms with Crippen LogP contribution in [0.2, 0.25) is 0 Å². The van der Waals surface area contributed by atoms with E-state index in [1.54, 1.807) is 17.1 Å². The van der Waals surface area contributed by atoms with E-state index in [0.29, 0.717) is 39.3 Å². The maximum atomic E-state index is 13.2. The van der Waals surface area contributed by atoms with Crippen LogP contribution in [0.25, 0.3) is 6.08 Å². The van der Waals surface area contributed by atoms with Crippen molar-refractivity contribution in [2.24, 2.45) is 7.05 Å². The van der Waals surface area contributed by atoms with Crippen LogP contribution in [0, 0.1) is 0 Å². The summed E-state index contributed by atoms with van der Waals surface area (Å²) in [5.74, 6) is -0.189. The monoisotopic (exact) mass is 439 g/mol. The fourth-order valence-electron chi connectivity index (χ4n) is 3.37. The average Bonchev–Trinajstić information content (AvgIpc) is 3.21. The van der Waals surface area contributed by atoms with Gasteiger partial charge in [-0.2, -0.15) is 0 Å². The van der Waals surface area contributed by atoms with Crippen LogP contribution < -0.4 is 0 Å². The zero-order valence-electron chi connectivity index (χ0n) is 19.7. The predicted octanol–water partition coefficient (Wildman–Crippen LogP) is 4.12. The van der Waals surface area contributed by atoms with Gasteiger partial charge >= 0.3 is 0 Å². The lowest BCUT2D eigenvalue weighted by Crippen LogP contribution is -2.43. The number of unbranched alkanes of at least 4 members (excludes halogenated alkanes) is 1. The molecule has 0 aliphatic rings. The van der Waals surface area contributed by atoms with Crippen molar-refractivity contribution >= 4 is 17.9 Å². The van der Waals surface area contributed by atoms with Gasteiger partial charge in [-0.1, -0.05) is 43.7 Å². The molecule has 0 fully saturated rings. The van der Waals surface area contributed by atoms with Crippen molar-refractivity contribution in [1.29, 1.82) is 0 Å². The molecule has 0 aliphatic carbocycles. The Hall–Kier alpha value is -2.86. The summed E-state index contributed by atoms with van der Waals surface area (Å²) in [5, 5.41) is 0. The molecule has 2 aromatic rings. The Kier molecular flexibility index (Phi) is 11.3. The number of carbonyl (C=O) groups is 2. The molecule has 0 aliphatic heterocycles. The first-order chi connectivity index (χ1) is 15.5. The van der Waals surface area contributed by atoms with E-state index in [2.05, 4.69) is 6.92 Å². The summed E-state index contributed by atoms with van der Waals surface area (Å²) < 4.78 is 7.46. The van der Waals surface area contributed by atoms with Crippen LogP contribution in [0.15, 0.2) is 54.7 Å². The molecule has 1 aromatic heterocycles. The minimum atomic E-state index is -0.159. The number of ether oxygens (including phenoxy) is 1. The number of amides is 2.